The van der Waals surface area contributed by atoms with Crippen molar-refractivity contribution in [1.29, 1.82) is 0 Å². The zero-order valence-corrected chi connectivity index (χ0v) is 12.6. The summed E-state index contributed by atoms with van der Waals surface area (Å²) < 4.78 is 0. The van der Waals surface area contributed by atoms with Crippen molar-refractivity contribution >= 4 is 17.3 Å². The molecule has 2 rings (SSSR count). The highest BCUT2D eigenvalue weighted by Gasteiger charge is 2.04. The van der Waals surface area contributed by atoms with Crippen LogP contribution in [-0.2, 0) is 17.6 Å². The molecule has 3 nitrogen and oxygen atoms in total. The Labute approximate surface area is 126 Å². The van der Waals surface area contributed by atoms with Gasteiger partial charge < -0.3 is 10.6 Å². The van der Waals surface area contributed by atoms with Crippen molar-refractivity contribution in [1.82, 2.24) is 0 Å². The van der Waals surface area contributed by atoms with Gasteiger partial charge in [0, 0.05) is 11.4 Å². The third kappa shape index (κ3) is 4.35. The summed E-state index contributed by atoms with van der Waals surface area (Å²) in [6.45, 7) is 4.48. The number of benzene rings is 2. The van der Waals surface area contributed by atoms with Gasteiger partial charge in [0.2, 0.25) is 5.91 Å². The second-order valence-electron chi connectivity index (χ2n) is 4.97. The topological polar surface area (TPSA) is 41.1 Å². The van der Waals surface area contributed by atoms with Crippen LogP contribution in [0, 0.1) is 0 Å². The molecule has 2 N–H and O–H groups in total. The maximum absolute atomic E-state index is 12.0. The fourth-order valence-electron chi connectivity index (χ4n) is 2.25. The summed E-state index contributed by atoms with van der Waals surface area (Å²) in [4.78, 5) is 12.0. The molecule has 1 amide bonds. The Hall–Kier alpha value is -2.29. The SMILES string of the molecule is CCc1cccc(NC(=O)CNc2ccccc2CC)c1. The van der Waals surface area contributed by atoms with Gasteiger partial charge in [0.1, 0.15) is 0 Å². The number of carbonyl (C=O) groups is 1. The van der Waals surface area contributed by atoms with Crippen LogP contribution in [0.1, 0.15) is 25.0 Å². The summed E-state index contributed by atoms with van der Waals surface area (Å²) in [5.41, 5.74) is 4.32. The fourth-order valence-corrected chi connectivity index (χ4v) is 2.25. The molecule has 0 aliphatic carbocycles. The Morgan fingerprint density at radius 3 is 2.57 bits per heavy atom. The average molecular weight is 282 g/mol. The maximum Gasteiger partial charge on any atom is 0.243 e. The van der Waals surface area contributed by atoms with E-state index < -0.39 is 0 Å². The first-order valence-corrected chi connectivity index (χ1v) is 7.43. The van der Waals surface area contributed by atoms with Gasteiger partial charge in [-0.3, -0.25) is 4.79 Å². The van der Waals surface area contributed by atoms with Gasteiger partial charge >= 0.3 is 0 Å². The van der Waals surface area contributed by atoms with Crippen LogP contribution in [0.5, 0.6) is 0 Å². The Morgan fingerprint density at radius 2 is 1.81 bits per heavy atom. The third-order valence-electron chi connectivity index (χ3n) is 3.46. The van der Waals surface area contributed by atoms with Crippen LogP contribution in [0.2, 0.25) is 0 Å². The quantitative estimate of drug-likeness (QED) is 0.844. The standard InChI is InChI=1S/C18H22N2O/c1-3-14-8-7-10-16(12-14)20-18(21)13-19-17-11-6-5-9-15(17)4-2/h5-12,19H,3-4,13H2,1-2H3,(H,20,21). The van der Waals surface area contributed by atoms with E-state index in [1.54, 1.807) is 0 Å². The predicted molar refractivity (Wildman–Crippen MR) is 88.8 cm³/mol. The van der Waals surface area contributed by atoms with Gasteiger partial charge in [-0.15, -0.1) is 0 Å². The number of rotatable bonds is 6. The Morgan fingerprint density at radius 1 is 1.00 bits per heavy atom. The molecule has 2 aromatic rings. The minimum Gasteiger partial charge on any atom is -0.376 e. The molecule has 0 atom stereocenters. The molecule has 0 bridgehead atoms. The van der Waals surface area contributed by atoms with Gasteiger partial charge in [-0.2, -0.15) is 0 Å². The zero-order valence-electron chi connectivity index (χ0n) is 12.6. The highest BCUT2D eigenvalue weighted by atomic mass is 16.1. The molecule has 2 aromatic carbocycles. The number of aryl methyl sites for hydroxylation is 2. The molecule has 0 spiro atoms. The Kier molecular flexibility index (Phi) is 5.38. The zero-order chi connectivity index (χ0) is 15.1. The van der Waals surface area contributed by atoms with E-state index in [1.807, 2.05) is 36.4 Å². The first-order chi connectivity index (χ1) is 10.2. The van der Waals surface area contributed by atoms with E-state index in [2.05, 4.69) is 36.6 Å². The number of hydrogen-bond acceptors (Lipinski definition) is 2. The van der Waals surface area contributed by atoms with Gasteiger partial charge in [0.05, 0.1) is 6.54 Å². The van der Waals surface area contributed by atoms with Crippen LogP contribution >= 0.6 is 0 Å². The summed E-state index contributed by atoms with van der Waals surface area (Å²) in [6, 6.07) is 16.0. The van der Waals surface area contributed by atoms with Crippen molar-refractivity contribution in [3.8, 4) is 0 Å². The predicted octanol–water partition coefficient (Wildman–Crippen LogP) is 3.86. The monoisotopic (exact) mass is 282 g/mol. The molecule has 0 saturated heterocycles. The van der Waals surface area contributed by atoms with Crippen molar-refractivity contribution < 1.29 is 4.79 Å². The van der Waals surface area contributed by atoms with Gasteiger partial charge in [0.15, 0.2) is 0 Å². The number of anilines is 2. The summed E-state index contributed by atoms with van der Waals surface area (Å²) in [7, 11) is 0. The number of amides is 1. The van der Waals surface area contributed by atoms with Crippen molar-refractivity contribution in [3.05, 3.63) is 59.7 Å². The molecule has 0 unspecified atom stereocenters. The summed E-state index contributed by atoms with van der Waals surface area (Å²) >= 11 is 0. The van der Waals surface area contributed by atoms with Crippen LogP contribution in [0.3, 0.4) is 0 Å². The molecular formula is C18H22N2O. The third-order valence-corrected chi connectivity index (χ3v) is 3.46. The lowest BCUT2D eigenvalue weighted by molar-refractivity contribution is -0.114. The lowest BCUT2D eigenvalue weighted by Crippen LogP contribution is -2.22. The van der Waals surface area contributed by atoms with E-state index >= 15 is 0 Å². The molecule has 0 radical (unpaired) electrons. The normalized spacial score (nSPS) is 10.2. The molecule has 0 aliphatic heterocycles. The van der Waals surface area contributed by atoms with E-state index in [0.717, 1.165) is 24.2 Å². The number of hydrogen-bond donors (Lipinski definition) is 2. The molecule has 0 aliphatic rings. The van der Waals surface area contributed by atoms with Gasteiger partial charge in [0.25, 0.3) is 0 Å². The van der Waals surface area contributed by atoms with Crippen molar-refractivity contribution in [3.63, 3.8) is 0 Å². The molecular weight excluding hydrogens is 260 g/mol. The van der Waals surface area contributed by atoms with Crippen LogP contribution in [-0.4, -0.2) is 12.5 Å². The summed E-state index contributed by atoms with van der Waals surface area (Å²) in [6.07, 6.45) is 1.91. The maximum atomic E-state index is 12.0. The van der Waals surface area contributed by atoms with Gasteiger partial charge in [-0.25, -0.2) is 0 Å². The highest BCUT2D eigenvalue weighted by molar-refractivity contribution is 5.93. The first-order valence-electron chi connectivity index (χ1n) is 7.43. The van der Waals surface area contributed by atoms with Gasteiger partial charge in [-0.1, -0.05) is 44.2 Å². The molecule has 0 fully saturated rings. The van der Waals surface area contributed by atoms with E-state index in [0.29, 0.717) is 0 Å². The fraction of sp³-hybridized carbons (Fsp3) is 0.278. The summed E-state index contributed by atoms with van der Waals surface area (Å²) in [5.74, 6) is -0.0332. The number of carbonyl (C=O) groups excluding carboxylic acids is 1. The summed E-state index contributed by atoms with van der Waals surface area (Å²) in [5, 5.41) is 6.12. The van der Waals surface area contributed by atoms with Crippen LogP contribution < -0.4 is 10.6 Å². The van der Waals surface area contributed by atoms with E-state index in [1.165, 1.54) is 11.1 Å². The first kappa shape index (κ1) is 15.1. The van der Waals surface area contributed by atoms with E-state index in [-0.39, 0.29) is 12.5 Å². The minimum absolute atomic E-state index is 0.0332. The highest BCUT2D eigenvalue weighted by Crippen LogP contribution is 2.15. The molecule has 110 valence electrons. The molecule has 0 saturated carbocycles. The number of nitrogens with one attached hydrogen (secondary N) is 2. The Bertz CT molecular complexity index is 608. The largest absolute Gasteiger partial charge is 0.376 e. The second-order valence-corrected chi connectivity index (χ2v) is 4.97. The van der Waals surface area contributed by atoms with Crippen LogP contribution in [0.25, 0.3) is 0 Å². The molecule has 21 heavy (non-hydrogen) atoms. The number of para-hydroxylation sites is 1. The van der Waals surface area contributed by atoms with Gasteiger partial charge in [-0.05, 0) is 42.2 Å². The van der Waals surface area contributed by atoms with Crippen LogP contribution in [0.15, 0.2) is 48.5 Å². The van der Waals surface area contributed by atoms with Crippen molar-refractivity contribution in [2.75, 3.05) is 17.2 Å². The molecule has 3 heteroatoms. The second kappa shape index (κ2) is 7.48. The smallest absolute Gasteiger partial charge is 0.243 e. The minimum atomic E-state index is -0.0332. The average Bonchev–Trinajstić information content (AvgIpc) is 2.53. The van der Waals surface area contributed by atoms with E-state index in [9.17, 15) is 4.79 Å². The Balaban J connectivity index is 1.92. The molecule has 0 aromatic heterocycles. The molecule has 0 heterocycles. The van der Waals surface area contributed by atoms with E-state index in [4.69, 9.17) is 0 Å². The van der Waals surface area contributed by atoms with Crippen molar-refractivity contribution in [2.24, 2.45) is 0 Å². The van der Waals surface area contributed by atoms with Crippen molar-refractivity contribution in [2.45, 2.75) is 26.7 Å². The lowest BCUT2D eigenvalue weighted by Gasteiger charge is -2.11. The van der Waals surface area contributed by atoms with Crippen LogP contribution in [0.4, 0.5) is 11.4 Å². The lowest BCUT2D eigenvalue weighted by atomic mass is 10.1.